The van der Waals surface area contributed by atoms with Crippen molar-refractivity contribution >= 4 is 28.0 Å². The van der Waals surface area contributed by atoms with Gasteiger partial charge in [-0.1, -0.05) is 6.92 Å². The predicted molar refractivity (Wildman–Crippen MR) is 96.0 cm³/mol. The zero-order valence-electron chi connectivity index (χ0n) is 15.6. The van der Waals surface area contributed by atoms with Crippen LogP contribution in [-0.4, -0.2) is 58.9 Å². The summed E-state index contributed by atoms with van der Waals surface area (Å²) in [5, 5.41) is 42.4. The molecule has 5 N–H and O–H groups in total. The van der Waals surface area contributed by atoms with Gasteiger partial charge in [-0.2, -0.15) is 0 Å². The number of carbonyl (C=O) groups excluding carboxylic acids is 2. The van der Waals surface area contributed by atoms with Gasteiger partial charge in [0.1, 0.15) is 11.5 Å². The summed E-state index contributed by atoms with van der Waals surface area (Å²) in [6, 6.07) is 2.35. The zero-order chi connectivity index (χ0) is 21.7. The molecule has 1 aromatic carbocycles. The van der Waals surface area contributed by atoms with Crippen LogP contribution >= 0.6 is 15.9 Å². The largest absolute Gasteiger partial charge is 0.496 e. The average Bonchev–Trinajstić information content (AvgIpc) is 2.59. The van der Waals surface area contributed by atoms with Gasteiger partial charge in [-0.3, -0.25) is 10.1 Å². The quantitative estimate of drug-likeness (QED) is 0.264. The Morgan fingerprint density at radius 1 is 1.11 bits per heavy atom. The van der Waals surface area contributed by atoms with E-state index >= 15 is 0 Å². The minimum Gasteiger partial charge on any atom is -0.496 e. The minimum absolute atomic E-state index is 0.0286. The first-order chi connectivity index (χ1) is 12.9. The maximum atomic E-state index is 11.8. The highest BCUT2D eigenvalue weighted by molar-refractivity contribution is 9.10. The first-order valence-corrected chi connectivity index (χ1v) is 8.68. The third-order valence-corrected chi connectivity index (χ3v) is 4.09. The van der Waals surface area contributed by atoms with Crippen molar-refractivity contribution in [3.05, 3.63) is 22.2 Å². The fourth-order valence-electron chi connectivity index (χ4n) is 2.02. The minimum atomic E-state index is -3.63. The molecule has 0 aliphatic heterocycles. The SMILES string of the molecule is CCC(=O)OC(C)OC(=O)NC(O)(O)C(O)(O)c1cc(OC)c(Br)cc1OC. The molecule has 0 bridgehead atoms. The Bertz CT molecular complexity index is 722. The van der Waals surface area contributed by atoms with Crippen LogP contribution in [-0.2, 0) is 20.1 Å². The lowest BCUT2D eigenvalue weighted by Crippen LogP contribution is -2.63. The monoisotopic (exact) mass is 467 g/mol. The molecule has 0 aliphatic carbocycles. The van der Waals surface area contributed by atoms with Gasteiger partial charge >= 0.3 is 18.0 Å². The molecule has 0 radical (unpaired) electrons. The summed E-state index contributed by atoms with van der Waals surface area (Å²) in [5.41, 5.74) is -0.536. The maximum Gasteiger partial charge on any atom is 0.414 e. The number of nitrogens with one attached hydrogen (secondary N) is 1. The zero-order valence-corrected chi connectivity index (χ0v) is 17.1. The van der Waals surface area contributed by atoms with Crippen LogP contribution in [0.4, 0.5) is 4.79 Å². The fraction of sp³-hybridized carbons (Fsp3) is 0.500. The number of aliphatic hydroxyl groups is 4. The van der Waals surface area contributed by atoms with Gasteiger partial charge in [-0.25, -0.2) is 4.79 Å². The van der Waals surface area contributed by atoms with Gasteiger partial charge in [-0.05, 0) is 28.1 Å². The third-order valence-electron chi connectivity index (χ3n) is 3.47. The van der Waals surface area contributed by atoms with E-state index in [0.717, 1.165) is 6.07 Å². The molecule has 28 heavy (non-hydrogen) atoms. The molecule has 1 aromatic rings. The Balaban J connectivity index is 3.08. The summed E-state index contributed by atoms with van der Waals surface area (Å²) in [6.45, 7) is 2.73. The van der Waals surface area contributed by atoms with E-state index < -0.39 is 35.6 Å². The maximum absolute atomic E-state index is 11.8. The van der Waals surface area contributed by atoms with Crippen molar-refractivity contribution in [1.29, 1.82) is 0 Å². The molecule has 0 fully saturated rings. The van der Waals surface area contributed by atoms with Gasteiger partial charge in [-0.15, -0.1) is 0 Å². The van der Waals surface area contributed by atoms with E-state index in [4.69, 9.17) is 9.47 Å². The lowest BCUT2D eigenvalue weighted by atomic mass is 10.0. The van der Waals surface area contributed by atoms with Crippen LogP contribution in [0.2, 0.25) is 0 Å². The van der Waals surface area contributed by atoms with Crippen LogP contribution in [0.15, 0.2) is 16.6 Å². The van der Waals surface area contributed by atoms with Gasteiger partial charge in [0.05, 0.1) is 24.3 Å². The van der Waals surface area contributed by atoms with E-state index in [0.29, 0.717) is 4.47 Å². The van der Waals surface area contributed by atoms with E-state index in [9.17, 15) is 30.0 Å². The van der Waals surface area contributed by atoms with Crippen LogP contribution in [0.1, 0.15) is 25.8 Å². The summed E-state index contributed by atoms with van der Waals surface area (Å²) in [5.74, 6) is -7.81. The molecule has 0 spiro atoms. The number of methoxy groups -OCH3 is 2. The van der Waals surface area contributed by atoms with Crippen molar-refractivity contribution in [2.45, 2.75) is 38.3 Å². The predicted octanol–water partition coefficient (Wildman–Crippen LogP) is 0.268. The number of ether oxygens (including phenoxy) is 4. The van der Waals surface area contributed by atoms with Crippen LogP contribution < -0.4 is 14.8 Å². The van der Waals surface area contributed by atoms with E-state index in [1.807, 2.05) is 0 Å². The van der Waals surface area contributed by atoms with Gasteiger partial charge < -0.3 is 39.4 Å². The molecule has 158 valence electrons. The van der Waals surface area contributed by atoms with Gasteiger partial charge in [0.15, 0.2) is 0 Å². The number of halogens is 1. The first-order valence-electron chi connectivity index (χ1n) is 7.89. The molecular weight excluding hydrogens is 446 g/mol. The van der Waals surface area contributed by atoms with Crippen molar-refractivity contribution in [1.82, 2.24) is 5.32 Å². The van der Waals surface area contributed by atoms with Crippen molar-refractivity contribution in [2.75, 3.05) is 14.2 Å². The normalized spacial score (nSPS) is 12.8. The molecule has 1 rings (SSSR count). The van der Waals surface area contributed by atoms with Crippen molar-refractivity contribution in [3.8, 4) is 11.5 Å². The average molecular weight is 468 g/mol. The summed E-state index contributed by atoms with van der Waals surface area (Å²) in [6.07, 6.45) is -2.84. The Labute approximate surface area is 168 Å². The molecule has 1 unspecified atom stereocenters. The second-order valence-corrected chi connectivity index (χ2v) is 6.33. The van der Waals surface area contributed by atoms with Crippen molar-refractivity contribution in [2.24, 2.45) is 0 Å². The summed E-state index contributed by atoms with van der Waals surface area (Å²) in [4.78, 5) is 23.0. The summed E-state index contributed by atoms with van der Waals surface area (Å²) >= 11 is 3.17. The van der Waals surface area contributed by atoms with Crippen LogP contribution in [0.3, 0.4) is 0 Å². The Hall–Kier alpha value is -2.12. The molecule has 0 saturated heterocycles. The lowest BCUT2D eigenvalue weighted by molar-refractivity contribution is -0.375. The summed E-state index contributed by atoms with van der Waals surface area (Å²) < 4.78 is 19.7. The van der Waals surface area contributed by atoms with Gasteiger partial charge in [0, 0.05) is 13.3 Å². The molecule has 12 heteroatoms. The Morgan fingerprint density at radius 2 is 1.68 bits per heavy atom. The number of benzene rings is 1. The highest BCUT2D eigenvalue weighted by Gasteiger charge is 2.53. The van der Waals surface area contributed by atoms with Crippen LogP contribution in [0.5, 0.6) is 11.5 Å². The standard InChI is InChI=1S/C16H22BrNO10/c1-5-13(19)27-8(2)28-14(20)18-16(23,24)15(21,22)9-6-12(26-4)10(17)7-11(9)25-3/h6-8,21-24H,5H2,1-4H3,(H,18,20). The topological polar surface area (TPSA) is 164 Å². The van der Waals surface area contributed by atoms with E-state index in [1.54, 1.807) is 0 Å². The molecule has 1 amide bonds. The Kier molecular flexibility index (Phi) is 8.02. The van der Waals surface area contributed by atoms with Crippen LogP contribution in [0, 0.1) is 0 Å². The lowest BCUT2D eigenvalue weighted by Gasteiger charge is -2.35. The highest BCUT2D eigenvalue weighted by atomic mass is 79.9. The van der Waals surface area contributed by atoms with E-state index in [2.05, 4.69) is 25.4 Å². The molecule has 0 aliphatic rings. The second kappa shape index (κ2) is 9.39. The smallest absolute Gasteiger partial charge is 0.414 e. The molecule has 1 atom stereocenters. The fourth-order valence-corrected chi connectivity index (χ4v) is 2.51. The van der Waals surface area contributed by atoms with Crippen molar-refractivity contribution < 1.29 is 49.0 Å². The molecule has 0 saturated carbocycles. The number of alkyl carbamates (subject to hydrolysis) is 1. The number of amides is 1. The number of rotatable bonds is 8. The number of hydrogen-bond acceptors (Lipinski definition) is 10. The highest BCUT2D eigenvalue weighted by Crippen LogP contribution is 2.40. The first kappa shape index (κ1) is 23.9. The van der Waals surface area contributed by atoms with Crippen LogP contribution in [0.25, 0.3) is 0 Å². The number of esters is 1. The van der Waals surface area contributed by atoms with Crippen molar-refractivity contribution in [3.63, 3.8) is 0 Å². The van der Waals surface area contributed by atoms with E-state index in [1.165, 1.54) is 39.5 Å². The molecule has 0 aromatic heterocycles. The molecule has 11 nitrogen and oxygen atoms in total. The third kappa shape index (κ3) is 5.45. The second-order valence-electron chi connectivity index (χ2n) is 5.47. The number of carbonyl (C=O) groups is 2. The van der Waals surface area contributed by atoms with Gasteiger partial charge in [0.25, 0.3) is 5.79 Å². The Morgan fingerprint density at radius 3 is 2.18 bits per heavy atom. The molecule has 0 heterocycles. The summed E-state index contributed by atoms with van der Waals surface area (Å²) in [7, 11) is 2.50. The van der Waals surface area contributed by atoms with Gasteiger partial charge in [0.2, 0.25) is 6.29 Å². The number of hydrogen-bond donors (Lipinski definition) is 5. The molecular formula is C16H22BrNO10. The van der Waals surface area contributed by atoms with E-state index in [-0.39, 0.29) is 17.9 Å².